The van der Waals surface area contributed by atoms with E-state index in [9.17, 15) is 18.0 Å². The lowest BCUT2D eigenvalue weighted by Crippen LogP contribution is -2.50. The molecule has 5 aromatic heterocycles. The molecule has 2 fully saturated rings. The highest BCUT2D eigenvalue weighted by Gasteiger charge is 2.48. The Morgan fingerprint density at radius 1 is 1.13 bits per heavy atom. The maximum atomic E-state index is 13.8. The van der Waals surface area contributed by atoms with Crippen LogP contribution in [0, 0.1) is 12.7 Å². The molecule has 0 unspecified atom stereocenters. The van der Waals surface area contributed by atoms with Gasteiger partial charge in [0.05, 0.1) is 36.1 Å². The summed E-state index contributed by atoms with van der Waals surface area (Å²) < 4.78 is 49.7. The van der Waals surface area contributed by atoms with E-state index in [1.54, 1.807) is 23.1 Å². The van der Waals surface area contributed by atoms with Gasteiger partial charge in [-0.15, -0.1) is 0 Å². The molecule has 3 N–H and O–H groups in total. The fourth-order valence-corrected chi connectivity index (χ4v) is 6.39. The number of pyridine rings is 1. The first-order chi connectivity index (χ1) is 22.5. The molecule has 16 heteroatoms. The Labute approximate surface area is 267 Å². The standard InChI is InChI=1S/C31H34F3N11O2/c1-17-10-24(43-42-17)39-27-23-15-37-45(22-11-31(33,34)12-22)28(23)41-26(40-27)19-6-8-30(47-3,9-7-19)29(46)38-18(2)20-4-5-25(35-13-20)44-16-21(32)14-36-44/h4-5,10,13-16,18-19,22H,6-9,11-12H2,1-3H3,(H,38,46)(H2,39,40,41,42,43)/t18-,19?,30?/m0/s1. The molecule has 0 bridgehead atoms. The molecule has 47 heavy (non-hydrogen) atoms. The van der Waals surface area contributed by atoms with Crippen molar-refractivity contribution in [3.63, 3.8) is 0 Å². The number of rotatable bonds is 9. The Kier molecular flexibility index (Phi) is 7.69. The van der Waals surface area contributed by atoms with E-state index in [-0.39, 0.29) is 30.7 Å². The minimum Gasteiger partial charge on any atom is -0.368 e. The van der Waals surface area contributed by atoms with Crippen LogP contribution in [0.3, 0.4) is 0 Å². The zero-order valence-corrected chi connectivity index (χ0v) is 26.0. The van der Waals surface area contributed by atoms with Crippen LogP contribution in [-0.2, 0) is 9.53 Å². The first-order valence-corrected chi connectivity index (χ1v) is 15.5. The van der Waals surface area contributed by atoms with Crippen molar-refractivity contribution >= 4 is 28.6 Å². The molecule has 1 amide bonds. The number of ether oxygens (including phenoxy) is 1. The van der Waals surface area contributed by atoms with Crippen molar-refractivity contribution in [2.24, 2.45) is 0 Å². The quantitative estimate of drug-likeness (QED) is 0.195. The summed E-state index contributed by atoms with van der Waals surface area (Å²) >= 11 is 0. The lowest BCUT2D eigenvalue weighted by atomic mass is 9.77. The van der Waals surface area contributed by atoms with Gasteiger partial charge >= 0.3 is 0 Å². The summed E-state index contributed by atoms with van der Waals surface area (Å²) in [6.07, 6.45) is 6.95. The molecule has 5 heterocycles. The van der Waals surface area contributed by atoms with E-state index >= 15 is 0 Å². The van der Waals surface area contributed by atoms with Crippen LogP contribution in [0.25, 0.3) is 16.9 Å². The SMILES string of the molecule is COC1(C(=O)N[C@@H](C)c2ccc(-n3cc(F)cn3)nc2)CCC(c2nc(Nc3cc(C)[nH]n3)c3cnn(C4CC(F)(F)C4)c3n2)CC1. The highest BCUT2D eigenvalue weighted by atomic mass is 19.3. The van der Waals surface area contributed by atoms with Gasteiger partial charge in [0, 0.05) is 43.8 Å². The number of aromatic amines is 1. The van der Waals surface area contributed by atoms with Gasteiger partial charge in [0.2, 0.25) is 0 Å². The summed E-state index contributed by atoms with van der Waals surface area (Å²) in [5.74, 6) is -1.47. The fraction of sp³-hybridized carbons (Fsp3) is 0.452. The first-order valence-electron chi connectivity index (χ1n) is 15.5. The summed E-state index contributed by atoms with van der Waals surface area (Å²) in [4.78, 5) is 27.7. The molecule has 2 aliphatic rings. The highest BCUT2D eigenvalue weighted by molar-refractivity contribution is 5.88. The largest absolute Gasteiger partial charge is 0.368 e. The number of H-pyrrole nitrogens is 1. The number of halogens is 3. The number of methoxy groups -OCH3 is 1. The van der Waals surface area contributed by atoms with Gasteiger partial charge in [-0.2, -0.15) is 15.3 Å². The number of aryl methyl sites for hydroxylation is 1. The predicted octanol–water partition coefficient (Wildman–Crippen LogP) is 5.21. The van der Waals surface area contributed by atoms with Crippen molar-refractivity contribution in [2.45, 2.75) is 81.9 Å². The second-order valence-electron chi connectivity index (χ2n) is 12.5. The second kappa shape index (κ2) is 11.7. The number of carbonyl (C=O) groups is 1. The van der Waals surface area contributed by atoms with Crippen molar-refractivity contribution in [1.29, 1.82) is 0 Å². The first kappa shape index (κ1) is 30.8. The Bertz CT molecular complexity index is 1900. The van der Waals surface area contributed by atoms with Gasteiger partial charge < -0.3 is 15.4 Å². The third-order valence-corrected chi connectivity index (χ3v) is 9.21. The molecular weight excluding hydrogens is 615 g/mol. The van der Waals surface area contributed by atoms with Crippen LogP contribution in [-0.4, -0.2) is 69.3 Å². The minimum atomic E-state index is -2.71. The van der Waals surface area contributed by atoms with Crippen molar-refractivity contribution in [3.05, 3.63) is 65.9 Å². The van der Waals surface area contributed by atoms with Gasteiger partial charge in [-0.3, -0.25) is 9.89 Å². The van der Waals surface area contributed by atoms with Crippen molar-refractivity contribution in [3.8, 4) is 5.82 Å². The molecule has 0 radical (unpaired) electrons. The van der Waals surface area contributed by atoms with Crippen molar-refractivity contribution < 1.29 is 22.7 Å². The van der Waals surface area contributed by atoms with E-state index in [1.165, 1.54) is 18.0 Å². The molecule has 1 atom stereocenters. The molecule has 5 aromatic rings. The monoisotopic (exact) mass is 649 g/mol. The number of alkyl halides is 2. The molecule has 2 saturated carbocycles. The molecule has 0 spiro atoms. The zero-order chi connectivity index (χ0) is 32.9. The van der Waals surface area contributed by atoms with Crippen LogP contribution in [0.5, 0.6) is 0 Å². The Morgan fingerprint density at radius 2 is 1.91 bits per heavy atom. The lowest BCUT2D eigenvalue weighted by Gasteiger charge is -2.38. The Balaban J connectivity index is 1.08. The molecule has 0 saturated heterocycles. The van der Waals surface area contributed by atoms with Gasteiger partial charge in [0.25, 0.3) is 11.8 Å². The summed E-state index contributed by atoms with van der Waals surface area (Å²) in [6.45, 7) is 3.74. The summed E-state index contributed by atoms with van der Waals surface area (Å²) in [6, 6.07) is 4.53. The van der Waals surface area contributed by atoms with E-state index in [1.807, 2.05) is 26.0 Å². The number of anilines is 2. The Morgan fingerprint density at radius 3 is 2.53 bits per heavy atom. The molecule has 2 aliphatic carbocycles. The maximum absolute atomic E-state index is 13.8. The van der Waals surface area contributed by atoms with E-state index in [2.05, 4.69) is 36.0 Å². The maximum Gasteiger partial charge on any atom is 0.252 e. The van der Waals surface area contributed by atoms with Crippen LogP contribution in [0.1, 0.15) is 80.5 Å². The summed E-state index contributed by atoms with van der Waals surface area (Å²) in [5.41, 5.74) is 1.06. The van der Waals surface area contributed by atoms with Crippen LogP contribution >= 0.6 is 0 Å². The van der Waals surface area contributed by atoms with E-state index < -0.39 is 23.4 Å². The van der Waals surface area contributed by atoms with Crippen molar-refractivity contribution in [1.82, 2.24) is 50.0 Å². The van der Waals surface area contributed by atoms with Gasteiger partial charge in [-0.1, -0.05) is 6.07 Å². The van der Waals surface area contributed by atoms with E-state index in [0.717, 1.165) is 17.5 Å². The smallest absolute Gasteiger partial charge is 0.252 e. The number of aromatic nitrogens is 9. The van der Waals surface area contributed by atoms with Crippen LogP contribution < -0.4 is 10.6 Å². The number of amides is 1. The number of fused-ring (bicyclic) bond motifs is 1. The van der Waals surface area contributed by atoms with E-state index in [0.29, 0.717) is 60.0 Å². The average Bonchev–Trinajstić information content (AvgIpc) is 3.79. The third kappa shape index (κ3) is 5.92. The number of nitrogens with one attached hydrogen (secondary N) is 3. The molecule has 0 aromatic carbocycles. The Hall–Kier alpha value is -4.86. The van der Waals surface area contributed by atoms with Gasteiger partial charge in [-0.05, 0) is 51.2 Å². The molecule has 13 nitrogen and oxygen atoms in total. The van der Waals surface area contributed by atoms with Crippen LogP contribution in [0.2, 0.25) is 0 Å². The second-order valence-corrected chi connectivity index (χ2v) is 12.5. The summed E-state index contributed by atoms with van der Waals surface area (Å²) in [5, 5.41) is 22.4. The fourth-order valence-electron chi connectivity index (χ4n) is 6.39. The molecular formula is C31H34F3N11O2. The van der Waals surface area contributed by atoms with Gasteiger partial charge in [-0.25, -0.2) is 37.5 Å². The lowest BCUT2D eigenvalue weighted by molar-refractivity contribution is -0.148. The third-order valence-electron chi connectivity index (χ3n) is 9.21. The van der Waals surface area contributed by atoms with E-state index in [4.69, 9.17) is 14.7 Å². The molecule has 0 aliphatic heterocycles. The zero-order valence-electron chi connectivity index (χ0n) is 26.0. The number of carbonyl (C=O) groups excluding carboxylic acids is 1. The van der Waals surface area contributed by atoms with Gasteiger partial charge in [0.15, 0.2) is 23.1 Å². The molecule has 246 valence electrons. The average molecular weight is 650 g/mol. The highest BCUT2D eigenvalue weighted by Crippen LogP contribution is 2.47. The van der Waals surface area contributed by atoms with Crippen LogP contribution in [0.4, 0.5) is 24.8 Å². The van der Waals surface area contributed by atoms with Crippen LogP contribution in [0.15, 0.2) is 43.0 Å². The van der Waals surface area contributed by atoms with Crippen molar-refractivity contribution in [2.75, 3.05) is 12.4 Å². The minimum absolute atomic E-state index is 0.107. The predicted molar refractivity (Wildman–Crippen MR) is 164 cm³/mol. The normalized spacial score (nSPS) is 21.8. The number of nitrogens with zero attached hydrogens (tertiary/aromatic N) is 8. The number of hydrogen-bond acceptors (Lipinski definition) is 9. The molecule has 7 rings (SSSR count). The topological polar surface area (TPSA) is 153 Å². The number of hydrogen-bond donors (Lipinski definition) is 3. The summed E-state index contributed by atoms with van der Waals surface area (Å²) in [7, 11) is 1.54. The van der Waals surface area contributed by atoms with Gasteiger partial charge in [0.1, 0.15) is 17.2 Å².